The van der Waals surface area contributed by atoms with Gasteiger partial charge >= 0.3 is 0 Å². The second-order valence-corrected chi connectivity index (χ2v) is 1.74. The average molecular weight is 108 g/mol. The first kappa shape index (κ1) is 7.22. The van der Waals surface area contributed by atoms with Crippen molar-refractivity contribution in [2.75, 3.05) is 0 Å². The highest BCUT2D eigenvalue weighted by Crippen LogP contribution is 1.98. The molecule has 0 saturated heterocycles. The summed E-state index contributed by atoms with van der Waals surface area (Å²) in [4.78, 5) is 0. The molecule has 0 saturated carbocycles. The van der Waals surface area contributed by atoms with Gasteiger partial charge in [0.25, 0.3) is 0 Å². The number of hydrogen-bond donors (Lipinski definition) is 0. The third-order valence-electron chi connectivity index (χ3n) is 0.869. The van der Waals surface area contributed by atoms with Crippen LogP contribution in [0, 0.1) is 0 Å². The molecule has 0 aromatic carbocycles. The van der Waals surface area contributed by atoms with Crippen molar-refractivity contribution < 1.29 is 0 Å². The van der Waals surface area contributed by atoms with Gasteiger partial charge in [0, 0.05) is 0 Å². The van der Waals surface area contributed by atoms with Crippen molar-refractivity contribution in [3.63, 3.8) is 0 Å². The minimum atomic E-state index is 0.964. The summed E-state index contributed by atoms with van der Waals surface area (Å²) in [6.07, 6.45) is 6.63. The number of rotatable bonds is 3. The SMILES string of the molecule is C=C/C=C(\C)CC=C. The van der Waals surface area contributed by atoms with Gasteiger partial charge in [-0.2, -0.15) is 0 Å². The number of allylic oxidation sites excluding steroid dienone is 4. The molecule has 0 aromatic heterocycles. The molecule has 0 aliphatic carbocycles. The van der Waals surface area contributed by atoms with Crippen LogP contribution in [-0.2, 0) is 0 Å². The van der Waals surface area contributed by atoms with Gasteiger partial charge in [0.15, 0.2) is 0 Å². The van der Waals surface area contributed by atoms with Gasteiger partial charge in [0.2, 0.25) is 0 Å². The molecule has 0 N–H and O–H groups in total. The molecule has 0 nitrogen and oxygen atoms in total. The van der Waals surface area contributed by atoms with Crippen molar-refractivity contribution in [3.8, 4) is 0 Å². The van der Waals surface area contributed by atoms with Crippen molar-refractivity contribution in [1.29, 1.82) is 0 Å². The van der Waals surface area contributed by atoms with Crippen molar-refractivity contribution >= 4 is 0 Å². The van der Waals surface area contributed by atoms with E-state index in [4.69, 9.17) is 0 Å². The molecular formula is C8H12. The van der Waals surface area contributed by atoms with E-state index in [-0.39, 0.29) is 0 Å². The third-order valence-corrected chi connectivity index (χ3v) is 0.869. The van der Waals surface area contributed by atoms with Gasteiger partial charge < -0.3 is 0 Å². The second kappa shape index (κ2) is 4.38. The zero-order valence-electron chi connectivity index (χ0n) is 5.35. The summed E-state index contributed by atoms with van der Waals surface area (Å²) in [6, 6.07) is 0. The summed E-state index contributed by atoms with van der Waals surface area (Å²) < 4.78 is 0. The van der Waals surface area contributed by atoms with Gasteiger partial charge in [0.05, 0.1) is 0 Å². The molecule has 0 aromatic rings. The summed E-state index contributed by atoms with van der Waals surface area (Å²) in [7, 11) is 0. The normalized spacial score (nSPS) is 10.9. The maximum Gasteiger partial charge on any atom is -0.0141 e. The molecule has 0 spiro atoms. The molecule has 44 valence electrons. The van der Waals surface area contributed by atoms with Crippen LogP contribution in [0.15, 0.2) is 37.0 Å². The van der Waals surface area contributed by atoms with Crippen molar-refractivity contribution in [3.05, 3.63) is 37.0 Å². The van der Waals surface area contributed by atoms with E-state index in [9.17, 15) is 0 Å². The van der Waals surface area contributed by atoms with Crippen LogP contribution in [0.2, 0.25) is 0 Å². The first-order valence-electron chi connectivity index (χ1n) is 2.70. The second-order valence-electron chi connectivity index (χ2n) is 1.74. The lowest BCUT2D eigenvalue weighted by Crippen LogP contribution is -1.67. The molecule has 0 fully saturated rings. The third kappa shape index (κ3) is 3.41. The molecule has 0 rings (SSSR count). The van der Waals surface area contributed by atoms with Crippen molar-refractivity contribution in [1.82, 2.24) is 0 Å². The predicted octanol–water partition coefficient (Wildman–Crippen LogP) is 2.69. The lowest BCUT2D eigenvalue weighted by molar-refractivity contribution is 1.22. The molecule has 8 heavy (non-hydrogen) atoms. The Morgan fingerprint density at radius 1 is 1.50 bits per heavy atom. The van der Waals surface area contributed by atoms with E-state index in [1.807, 2.05) is 12.2 Å². The first-order valence-corrected chi connectivity index (χ1v) is 2.70. The quantitative estimate of drug-likeness (QED) is 0.385. The Kier molecular flexibility index (Phi) is 3.95. The van der Waals surface area contributed by atoms with Gasteiger partial charge in [0.1, 0.15) is 0 Å². The Balaban J connectivity index is 3.60. The topological polar surface area (TPSA) is 0 Å². The van der Waals surface area contributed by atoms with Crippen LogP contribution in [-0.4, -0.2) is 0 Å². The highest BCUT2D eigenvalue weighted by atomic mass is 13.8. The Hall–Kier alpha value is -0.780. The summed E-state index contributed by atoms with van der Waals surface area (Å²) in [6.45, 7) is 9.24. The summed E-state index contributed by atoms with van der Waals surface area (Å²) in [5.74, 6) is 0. The predicted molar refractivity (Wildman–Crippen MR) is 38.8 cm³/mol. The van der Waals surface area contributed by atoms with Gasteiger partial charge in [-0.15, -0.1) is 6.58 Å². The van der Waals surface area contributed by atoms with Gasteiger partial charge in [-0.3, -0.25) is 0 Å². The van der Waals surface area contributed by atoms with Crippen molar-refractivity contribution in [2.45, 2.75) is 13.3 Å². The monoisotopic (exact) mass is 108 g/mol. The molecule has 0 heterocycles. The fraction of sp³-hybridized carbons (Fsp3) is 0.250. The summed E-state index contributed by atoms with van der Waals surface area (Å²) >= 11 is 0. The van der Waals surface area contributed by atoms with Gasteiger partial charge in [-0.05, 0) is 13.3 Å². The van der Waals surface area contributed by atoms with E-state index in [0.717, 1.165) is 6.42 Å². The average Bonchev–Trinajstić information content (AvgIpc) is 1.68. The molecule has 0 aliphatic heterocycles. The van der Waals surface area contributed by atoms with Gasteiger partial charge in [-0.25, -0.2) is 0 Å². The summed E-state index contributed by atoms with van der Waals surface area (Å²) in [5.41, 5.74) is 1.30. The zero-order valence-corrected chi connectivity index (χ0v) is 5.35. The smallest absolute Gasteiger partial charge is 0.0141 e. The van der Waals surface area contributed by atoms with Gasteiger partial charge in [-0.1, -0.05) is 30.4 Å². The fourth-order valence-electron chi connectivity index (χ4n) is 0.497. The fourth-order valence-corrected chi connectivity index (χ4v) is 0.497. The van der Waals surface area contributed by atoms with E-state index in [1.54, 1.807) is 6.08 Å². The van der Waals surface area contributed by atoms with Crippen LogP contribution in [0.4, 0.5) is 0 Å². The Morgan fingerprint density at radius 2 is 2.12 bits per heavy atom. The minimum Gasteiger partial charge on any atom is -0.103 e. The number of hydrogen-bond acceptors (Lipinski definition) is 0. The molecule has 0 aliphatic rings. The van der Waals surface area contributed by atoms with E-state index >= 15 is 0 Å². The molecule has 0 radical (unpaired) electrons. The highest BCUT2D eigenvalue weighted by molar-refractivity contribution is 5.10. The molecular weight excluding hydrogens is 96.1 g/mol. The Labute approximate surface area is 51.2 Å². The largest absolute Gasteiger partial charge is 0.103 e. The Bertz CT molecular complexity index is 107. The van der Waals surface area contributed by atoms with Crippen LogP contribution < -0.4 is 0 Å². The molecule has 0 amide bonds. The van der Waals surface area contributed by atoms with Crippen LogP contribution in [0.1, 0.15) is 13.3 Å². The molecule has 0 atom stereocenters. The lowest BCUT2D eigenvalue weighted by Gasteiger charge is -1.88. The standard InChI is InChI=1S/C8H12/c1-4-6-8(3)7-5-2/h4-6H,1-2,7H2,3H3/b8-6+. The van der Waals surface area contributed by atoms with Crippen LogP contribution in [0.5, 0.6) is 0 Å². The van der Waals surface area contributed by atoms with E-state index in [0.29, 0.717) is 0 Å². The molecule has 0 unspecified atom stereocenters. The van der Waals surface area contributed by atoms with Crippen molar-refractivity contribution in [2.24, 2.45) is 0 Å². The zero-order chi connectivity index (χ0) is 6.41. The van der Waals surface area contributed by atoms with E-state index < -0.39 is 0 Å². The molecule has 0 bridgehead atoms. The first-order chi connectivity index (χ1) is 3.81. The lowest BCUT2D eigenvalue weighted by atomic mass is 10.2. The van der Waals surface area contributed by atoms with Crippen LogP contribution in [0.3, 0.4) is 0 Å². The molecule has 0 heteroatoms. The van der Waals surface area contributed by atoms with E-state index in [1.165, 1.54) is 5.57 Å². The highest BCUT2D eigenvalue weighted by Gasteiger charge is 1.77. The summed E-state index contributed by atoms with van der Waals surface area (Å²) in [5, 5.41) is 0. The minimum absolute atomic E-state index is 0.964. The van der Waals surface area contributed by atoms with Crippen LogP contribution in [0.25, 0.3) is 0 Å². The maximum absolute atomic E-state index is 3.61. The van der Waals surface area contributed by atoms with Crippen LogP contribution >= 0.6 is 0 Å². The van der Waals surface area contributed by atoms with E-state index in [2.05, 4.69) is 20.1 Å². The Morgan fingerprint density at radius 3 is 2.50 bits per heavy atom. The maximum atomic E-state index is 3.61.